The Hall–Kier alpha value is -2.33. The summed E-state index contributed by atoms with van der Waals surface area (Å²) in [6.45, 7) is 1.02. The molecule has 0 spiro atoms. The molecule has 1 amide bonds. The highest BCUT2D eigenvalue weighted by Crippen LogP contribution is 2.35. The van der Waals surface area contributed by atoms with Gasteiger partial charge in [-0.05, 0) is 55.5 Å². The summed E-state index contributed by atoms with van der Waals surface area (Å²) in [5.74, 6) is 0.799. The molecule has 0 aliphatic carbocycles. The predicted octanol–water partition coefficient (Wildman–Crippen LogP) is 4.01. The highest BCUT2D eigenvalue weighted by atomic mass is 16.5. The number of carbonyl (C=O) groups excluding carboxylic acids is 1. The lowest BCUT2D eigenvalue weighted by atomic mass is 9.81. The van der Waals surface area contributed by atoms with Gasteiger partial charge in [-0.15, -0.1) is 0 Å². The zero-order valence-corrected chi connectivity index (χ0v) is 15.9. The van der Waals surface area contributed by atoms with Crippen molar-refractivity contribution in [3.63, 3.8) is 0 Å². The smallest absolute Gasteiger partial charge is 0.251 e. The SMILES string of the molecule is COc1ccc(C(=O)NC2C[C@H]3CCC[C@H](C2)N3Cc2ccccc2)cc1. The van der Waals surface area contributed by atoms with Crippen LogP contribution < -0.4 is 10.1 Å². The highest BCUT2D eigenvalue weighted by Gasteiger charge is 2.38. The van der Waals surface area contributed by atoms with Crippen LogP contribution in [0.5, 0.6) is 5.75 Å². The second-order valence-corrected chi connectivity index (χ2v) is 7.77. The van der Waals surface area contributed by atoms with Crippen LogP contribution in [0.15, 0.2) is 54.6 Å². The van der Waals surface area contributed by atoms with Gasteiger partial charge in [0, 0.05) is 30.2 Å². The molecule has 0 radical (unpaired) electrons. The molecule has 0 unspecified atom stereocenters. The summed E-state index contributed by atoms with van der Waals surface area (Å²) in [4.78, 5) is 15.3. The number of nitrogens with one attached hydrogen (secondary N) is 1. The molecule has 2 aromatic carbocycles. The van der Waals surface area contributed by atoms with Gasteiger partial charge < -0.3 is 10.1 Å². The number of hydrogen-bond donors (Lipinski definition) is 1. The van der Waals surface area contributed by atoms with Gasteiger partial charge in [-0.1, -0.05) is 36.8 Å². The van der Waals surface area contributed by atoms with E-state index in [4.69, 9.17) is 4.74 Å². The third kappa shape index (κ3) is 4.16. The Morgan fingerprint density at radius 3 is 2.33 bits per heavy atom. The normalized spacial score (nSPS) is 25.0. The molecule has 27 heavy (non-hydrogen) atoms. The van der Waals surface area contributed by atoms with Gasteiger partial charge in [0.2, 0.25) is 0 Å². The molecule has 142 valence electrons. The largest absolute Gasteiger partial charge is 0.497 e. The quantitative estimate of drug-likeness (QED) is 0.872. The zero-order valence-electron chi connectivity index (χ0n) is 15.9. The summed E-state index contributed by atoms with van der Waals surface area (Å²) in [5.41, 5.74) is 2.09. The maximum absolute atomic E-state index is 12.6. The van der Waals surface area contributed by atoms with Crippen LogP contribution in [0.2, 0.25) is 0 Å². The van der Waals surface area contributed by atoms with E-state index >= 15 is 0 Å². The van der Waals surface area contributed by atoms with Crippen LogP contribution in [-0.4, -0.2) is 36.0 Å². The van der Waals surface area contributed by atoms with Crippen LogP contribution in [0.1, 0.15) is 48.0 Å². The molecule has 2 aliphatic heterocycles. The molecule has 4 heteroatoms. The predicted molar refractivity (Wildman–Crippen MR) is 107 cm³/mol. The fraction of sp³-hybridized carbons (Fsp3) is 0.435. The number of nitrogens with zero attached hydrogens (tertiary/aromatic N) is 1. The average Bonchev–Trinajstić information content (AvgIpc) is 2.69. The number of amides is 1. The van der Waals surface area contributed by atoms with E-state index in [2.05, 4.69) is 40.5 Å². The second-order valence-electron chi connectivity index (χ2n) is 7.77. The summed E-state index contributed by atoms with van der Waals surface area (Å²) < 4.78 is 5.17. The van der Waals surface area contributed by atoms with Gasteiger partial charge in [-0.2, -0.15) is 0 Å². The van der Waals surface area contributed by atoms with E-state index in [9.17, 15) is 4.79 Å². The minimum atomic E-state index is 0.0252. The number of carbonyl (C=O) groups is 1. The van der Waals surface area contributed by atoms with Gasteiger partial charge in [-0.25, -0.2) is 0 Å². The third-order valence-electron chi connectivity index (χ3n) is 6.02. The van der Waals surface area contributed by atoms with Crippen molar-refractivity contribution in [1.29, 1.82) is 0 Å². The van der Waals surface area contributed by atoms with Crippen molar-refractivity contribution >= 4 is 5.91 Å². The summed E-state index contributed by atoms with van der Waals surface area (Å²) in [6, 6.07) is 19.5. The lowest BCUT2D eigenvalue weighted by molar-refractivity contribution is 0.0177. The minimum absolute atomic E-state index is 0.0252. The Morgan fingerprint density at radius 2 is 1.70 bits per heavy atom. The van der Waals surface area contributed by atoms with E-state index in [-0.39, 0.29) is 11.9 Å². The van der Waals surface area contributed by atoms with Crippen molar-refractivity contribution in [2.75, 3.05) is 7.11 Å². The van der Waals surface area contributed by atoms with Crippen LogP contribution in [0.3, 0.4) is 0 Å². The summed E-state index contributed by atoms with van der Waals surface area (Å²) in [6.07, 6.45) is 5.87. The van der Waals surface area contributed by atoms with E-state index in [1.54, 1.807) is 7.11 Å². The van der Waals surface area contributed by atoms with Gasteiger partial charge in [0.05, 0.1) is 7.11 Å². The lowest BCUT2D eigenvalue weighted by Crippen LogP contribution is -2.56. The second kappa shape index (κ2) is 8.13. The topological polar surface area (TPSA) is 41.6 Å². The molecule has 2 heterocycles. The fourth-order valence-corrected chi connectivity index (χ4v) is 4.66. The maximum atomic E-state index is 12.6. The maximum Gasteiger partial charge on any atom is 0.251 e. The Balaban J connectivity index is 1.39. The molecule has 1 N–H and O–H groups in total. The Bertz CT molecular complexity index is 746. The zero-order chi connectivity index (χ0) is 18.6. The Kier molecular flexibility index (Phi) is 5.44. The number of ether oxygens (including phenoxy) is 1. The molecule has 2 fully saturated rings. The number of methoxy groups -OCH3 is 1. The van der Waals surface area contributed by atoms with E-state index in [1.807, 2.05) is 24.3 Å². The van der Waals surface area contributed by atoms with Crippen LogP contribution in [0, 0.1) is 0 Å². The molecule has 2 atom stereocenters. The van der Waals surface area contributed by atoms with Crippen LogP contribution in [0.4, 0.5) is 0 Å². The van der Waals surface area contributed by atoms with Crippen LogP contribution in [0.25, 0.3) is 0 Å². The number of piperidine rings is 2. The van der Waals surface area contributed by atoms with Crippen molar-refractivity contribution in [3.05, 3.63) is 65.7 Å². The van der Waals surface area contributed by atoms with E-state index < -0.39 is 0 Å². The summed E-state index contributed by atoms with van der Waals surface area (Å²) in [7, 11) is 1.64. The Morgan fingerprint density at radius 1 is 1.04 bits per heavy atom. The molecule has 2 aromatic rings. The lowest BCUT2D eigenvalue weighted by Gasteiger charge is -2.49. The van der Waals surface area contributed by atoms with E-state index in [1.165, 1.54) is 24.8 Å². The van der Waals surface area contributed by atoms with Crippen LogP contribution >= 0.6 is 0 Å². The van der Waals surface area contributed by atoms with E-state index in [0.29, 0.717) is 17.6 Å². The van der Waals surface area contributed by atoms with Gasteiger partial charge in [-0.3, -0.25) is 9.69 Å². The van der Waals surface area contributed by atoms with Crippen molar-refractivity contribution in [2.45, 2.75) is 56.8 Å². The van der Waals surface area contributed by atoms with Crippen molar-refractivity contribution < 1.29 is 9.53 Å². The molecular weight excluding hydrogens is 336 g/mol. The molecule has 2 bridgehead atoms. The monoisotopic (exact) mass is 364 g/mol. The fourth-order valence-electron chi connectivity index (χ4n) is 4.66. The molecular formula is C23H28N2O2. The first-order valence-corrected chi connectivity index (χ1v) is 9.97. The minimum Gasteiger partial charge on any atom is -0.497 e. The first kappa shape index (κ1) is 18.1. The molecule has 2 saturated heterocycles. The van der Waals surface area contributed by atoms with E-state index in [0.717, 1.165) is 25.1 Å². The highest BCUT2D eigenvalue weighted by molar-refractivity contribution is 5.94. The van der Waals surface area contributed by atoms with Gasteiger partial charge in [0.1, 0.15) is 5.75 Å². The van der Waals surface area contributed by atoms with Crippen molar-refractivity contribution in [1.82, 2.24) is 10.2 Å². The summed E-state index contributed by atoms with van der Waals surface area (Å²) in [5, 5.41) is 3.28. The molecule has 2 aliphatic rings. The summed E-state index contributed by atoms with van der Waals surface area (Å²) >= 11 is 0. The molecule has 4 nitrogen and oxygen atoms in total. The first-order chi connectivity index (χ1) is 13.2. The molecule has 4 rings (SSSR count). The number of rotatable bonds is 5. The standard InChI is InChI=1S/C23H28N2O2/c1-27-22-12-10-18(11-13-22)23(26)24-19-14-20-8-5-9-21(15-19)25(20)16-17-6-3-2-4-7-17/h2-4,6-7,10-13,19-21H,5,8-9,14-16H2,1H3,(H,24,26)/t20-,21-/m1/s1. The van der Waals surface area contributed by atoms with Crippen LogP contribution in [-0.2, 0) is 6.54 Å². The van der Waals surface area contributed by atoms with Crippen molar-refractivity contribution in [2.24, 2.45) is 0 Å². The number of benzene rings is 2. The third-order valence-corrected chi connectivity index (χ3v) is 6.02. The molecule has 0 saturated carbocycles. The number of hydrogen-bond acceptors (Lipinski definition) is 3. The van der Waals surface area contributed by atoms with Crippen molar-refractivity contribution in [3.8, 4) is 5.75 Å². The number of fused-ring (bicyclic) bond motifs is 2. The average molecular weight is 364 g/mol. The van der Waals surface area contributed by atoms with Gasteiger partial charge in [0.25, 0.3) is 5.91 Å². The molecule has 0 aromatic heterocycles. The van der Waals surface area contributed by atoms with Gasteiger partial charge in [0.15, 0.2) is 0 Å². The Labute approximate surface area is 161 Å². The van der Waals surface area contributed by atoms with Gasteiger partial charge >= 0.3 is 0 Å². The first-order valence-electron chi connectivity index (χ1n) is 9.97.